The smallest absolute Gasteiger partial charge is 0.250 e. The lowest BCUT2D eigenvalue weighted by Gasteiger charge is -2.13. The SMILES string of the molecule is CC(N)Cn1c2c(ccc1=O)CCC2. The van der Waals surface area contributed by atoms with Crippen LogP contribution in [0.25, 0.3) is 0 Å². The van der Waals surface area contributed by atoms with E-state index in [0.717, 1.165) is 19.3 Å². The average Bonchev–Trinajstić information content (AvgIpc) is 2.57. The maximum absolute atomic E-state index is 11.6. The van der Waals surface area contributed by atoms with Gasteiger partial charge >= 0.3 is 0 Å². The minimum Gasteiger partial charge on any atom is -0.326 e. The minimum absolute atomic E-state index is 0.0415. The van der Waals surface area contributed by atoms with Gasteiger partial charge in [-0.15, -0.1) is 0 Å². The number of pyridine rings is 1. The van der Waals surface area contributed by atoms with Crippen molar-refractivity contribution in [3.63, 3.8) is 0 Å². The Morgan fingerprint density at radius 3 is 3.00 bits per heavy atom. The summed E-state index contributed by atoms with van der Waals surface area (Å²) in [7, 11) is 0. The van der Waals surface area contributed by atoms with Crippen LogP contribution in [0.5, 0.6) is 0 Å². The number of fused-ring (bicyclic) bond motifs is 1. The van der Waals surface area contributed by atoms with Gasteiger partial charge in [-0.2, -0.15) is 0 Å². The molecule has 0 aliphatic heterocycles. The Balaban J connectivity index is 2.46. The molecule has 0 spiro atoms. The molecule has 3 heteroatoms. The highest BCUT2D eigenvalue weighted by Crippen LogP contribution is 2.19. The lowest BCUT2D eigenvalue weighted by atomic mass is 10.2. The largest absolute Gasteiger partial charge is 0.326 e. The van der Waals surface area contributed by atoms with Crippen LogP contribution in [0.4, 0.5) is 0 Å². The van der Waals surface area contributed by atoms with Crippen LogP contribution < -0.4 is 11.3 Å². The number of aryl methyl sites for hydroxylation is 1. The minimum atomic E-state index is 0.0415. The monoisotopic (exact) mass is 192 g/mol. The molecule has 1 aliphatic carbocycles. The van der Waals surface area contributed by atoms with Crippen LogP contribution in [-0.2, 0) is 19.4 Å². The molecule has 2 N–H and O–H groups in total. The first-order valence-corrected chi connectivity index (χ1v) is 5.15. The van der Waals surface area contributed by atoms with Crippen LogP contribution in [0.3, 0.4) is 0 Å². The van der Waals surface area contributed by atoms with E-state index >= 15 is 0 Å². The van der Waals surface area contributed by atoms with Crippen molar-refractivity contribution in [2.75, 3.05) is 0 Å². The van der Waals surface area contributed by atoms with E-state index in [2.05, 4.69) is 0 Å². The standard InChI is InChI=1S/C11H16N2O/c1-8(12)7-13-10-4-2-3-9(10)5-6-11(13)14/h5-6,8H,2-4,7,12H2,1H3. The summed E-state index contributed by atoms with van der Waals surface area (Å²) in [5.74, 6) is 0. The van der Waals surface area contributed by atoms with Gasteiger partial charge in [0, 0.05) is 24.3 Å². The van der Waals surface area contributed by atoms with E-state index in [0.29, 0.717) is 6.54 Å². The fourth-order valence-electron chi connectivity index (χ4n) is 2.12. The fraction of sp³-hybridized carbons (Fsp3) is 0.545. The van der Waals surface area contributed by atoms with Gasteiger partial charge in [0.15, 0.2) is 0 Å². The molecule has 1 atom stereocenters. The lowest BCUT2D eigenvalue weighted by Crippen LogP contribution is -2.31. The second-order valence-electron chi connectivity index (χ2n) is 4.08. The molecular weight excluding hydrogens is 176 g/mol. The van der Waals surface area contributed by atoms with Crippen molar-refractivity contribution in [2.24, 2.45) is 5.73 Å². The van der Waals surface area contributed by atoms with Crippen LogP contribution in [0.2, 0.25) is 0 Å². The molecule has 0 fully saturated rings. The Hall–Kier alpha value is -1.09. The van der Waals surface area contributed by atoms with Gasteiger partial charge in [-0.05, 0) is 31.7 Å². The third-order valence-electron chi connectivity index (χ3n) is 2.72. The molecule has 0 amide bonds. The van der Waals surface area contributed by atoms with E-state index in [1.165, 1.54) is 11.3 Å². The number of nitrogens with zero attached hydrogens (tertiary/aromatic N) is 1. The Kier molecular flexibility index (Phi) is 2.42. The zero-order valence-electron chi connectivity index (χ0n) is 8.49. The molecule has 1 heterocycles. The maximum atomic E-state index is 11.6. The third-order valence-corrected chi connectivity index (χ3v) is 2.72. The molecule has 1 unspecified atom stereocenters. The Morgan fingerprint density at radius 2 is 2.29 bits per heavy atom. The zero-order chi connectivity index (χ0) is 10.1. The molecule has 0 saturated carbocycles. The summed E-state index contributed by atoms with van der Waals surface area (Å²) in [6, 6.07) is 3.66. The van der Waals surface area contributed by atoms with Crippen molar-refractivity contribution in [2.45, 2.75) is 38.8 Å². The van der Waals surface area contributed by atoms with Gasteiger partial charge in [0.1, 0.15) is 0 Å². The van der Waals surface area contributed by atoms with E-state index in [1.54, 1.807) is 6.07 Å². The molecule has 76 valence electrons. The summed E-state index contributed by atoms with van der Waals surface area (Å²) in [4.78, 5) is 11.6. The topological polar surface area (TPSA) is 48.0 Å². The Labute approximate surface area is 83.5 Å². The van der Waals surface area contributed by atoms with Gasteiger partial charge in [-0.3, -0.25) is 4.79 Å². The van der Waals surface area contributed by atoms with Gasteiger partial charge in [-0.1, -0.05) is 6.07 Å². The fourth-order valence-corrected chi connectivity index (χ4v) is 2.12. The van der Waals surface area contributed by atoms with Crippen molar-refractivity contribution < 1.29 is 0 Å². The summed E-state index contributed by atoms with van der Waals surface area (Å²) in [5.41, 5.74) is 8.34. The summed E-state index contributed by atoms with van der Waals surface area (Å²) in [6.07, 6.45) is 3.30. The van der Waals surface area contributed by atoms with Crippen molar-refractivity contribution in [3.8, 4) is 0 Å². The molecule has 0 saturated heterocycles. The van der Waals surface area contributed by atoms with Gasteiger partial charge in [-0.25, -0.2) is 0 Å². The summed E-state index contributed by atoms with van der Waals surface area (Å²) in [6.45, 7) is 2.57. The predicted octanol–water partition coefficient (Wildman–Crippen LogP) is 0.684. The first-order valence-electron chi connectivity index (χ1n) is 5.15. The first kappa shape index (κ1) is 9.46. The number of hydrogen-bond donors (Lipinski definition) is 1. The van der Waals surface area contributed by atoms with Gasteiger partial charge < -0.3 is 10.3 Å². The summed E-state index contributed by atoms with van der Waals surface area (Å²) >= 11 is 0. The second-order valence-corrected chi connectivity index (χ2v) is 4.08. The highest BCUT2D eigenvalue weighted by Gasteiger charge is 2.15. The summed E-state index contributed by atoms with van der Waals surface area (Å²) < 4.78 is 1.84. The van der Waals surface area contributed by atoms with E-state index in [4.69, 9.17) is 5.73 Å². The van der Waals surface area contributed by atoms with Crippen LogP contribution in [0.15, 0.2) is 16.9 Å². The van der Waals surface area contributed by atoms with Crippen molar-refractivity contribution in [1.82, 2.24) is 4.57 Å². The average molecular weight is 192 g/mol. The van der Waals surface area contributed by atoms with E-state index in [1.807, 2.05) is 17.6 Å². The quantitative estimate of drug-likeness (QED) is 0.749. The zero-order valence-corrected chi connectivity index (χ0v) is 8.49. The molecule has 0 bridgehead atoms. The normalized spacial score (nSPS) is 16.7. The highest BCUT2D eigenvalue weighted by atomic mass is 16.1. The van der Waals surface area contributed by atoms with E-state index in [-0.39, 0.29) is 11.6 Å². The van der Waals surface area contributed by atoms with Crippen molar-refractivity contribution in [1.29, 1.82) is 0 Å². The van der Waals surface area contributed by atoms with E-state index < -0.39 is 0 Å². The number of hydrogen-bond acceptors (Lipinski definition) is 2. The summed E-state index contributed by atoms with van der Waals surface area (Å²) in [5, 5.41) is 0. The van der Waals surface area contributed by atoms with E-state index in [9.17, 15) is 4.79 Å². The molecule has 1 aliphatic rings. The molecule has 3 nitrogen and oxygen atoms in total. The van der Waals surface area contributed by atoms with Crippen LogP contribution in [0.1, 0.15) is 24.6 Å². The van der Waals surface area contributed by atoms with Crippen LogP contribution in [0, 0.1) is 0 Å². The molecule has 1 aromatic heterocycles. The van der Waals surface area contributed by atoms with Gasteiger partial charge in [0.25, 0.3) is 5.56 Å². The van der Waals surface area contributed by atoms with Crippen LogP contribution in [-0.4, -0.2) is 10.6 Å². The molecule has 0 radical (unpaired) electrons. The first-order chi connectivity index (χ1) is 6.68. The van der Waals surface area contributed by atoms with Gasteiger partial charge in [0.05, 0.1) is 0 Å². The molecule has 14 heavy (non-hydrogen) atoms. The molecule has 1 aromatic rings. The lowest BCUT2D eigenvalue weighted by molar-refractivity contribution is 0.555. The predicted molar refractivity (Wildman–Crippen MR) is 56.4 cm³/mol. The third kappa shape index (κ3) is 1.60. The molecule has 0 aromatic carbocycles. The second kappa shape index (κ2) is 3.58. The maximum Gasteiger partial charge on any atom is 0.250 e. The number of rotatable bonds is 2. The van der Waals surface area contributed by atoms with Crippen LogP contribution >= 0.6 is 0 Å². The van der Waals surface area contributed by atoms with Gasteiger partial charge in [0.2, 0.25) is 0 Å². The number of aromatic nitrogens is 1. The highest BCUT2D eigenvalue weighted by molar-refractivity contribution is 5.25. The van der Waals surface area contributed by atoms with Crippen molar-refractivity contribution in [3.05, 3.63) is 33.7 Å². The Morgan fingerprint density at radius 1 is 1.50 bits per heavy atom. The molecular formula is C11H16N2O. The van der Waals surface area contributed by atoms with Crippen molar-refractivity contribution >= 4 is 0 Å². The number of nitrogens with two attached hydrogens (primary N) is 1. The Bertz CT molecular complexity index is 393. The molecule has 2 rings (SSSR count).